The van der Waals surface area contributed by atoms with Crippen molar-refractivity contribution in [2.75, 3.05) is 12.4 Å². The van der Waals surface area contributed by atoms with E-state index in [4.69, 9.17) is 4.74 Å². The Kier molecular flexibility index (Phi) is 7.37. The lowest BCUT2D eigenvalue weighted by Gasteiger charge is -2.08. The highest BCUT2D eigenvalue weighted by Gasteiger charge is 2.21. The molecule has 0 saturated heterocycles. The summed E-state index contributed by atoms with van der Waals surface area (Å²) < 4.78 is 7.00. The van der Waals surface area contributed by atoms with Crippen LogP contribution in [0.5, 0.6) is 0 Å². The number of nitrogens with zero attached hydrogens (tertiary/aromatic N) is 2. The van der Waals surface area contributed by atoms with E-state index >= 15 is 0 Å². The SMILES string of the molecule is COC(=O)c1cc(C(C)C)sc1NC(=O)/C(C#N)=C/c1cn(Cc2ccccc2C)c2ccccc12. The van der Waals surface area contributed by atoms with Gasteiger partial charge in [0.1, 0.15) is 16.6 Å². The first-order chi connectivity index (χ1) is 17.3. The summed E-state index contributed by atoms with van der Waals surface area (Å²) in [5.41, 5.74) is 4.41. The van der Waals surface area contributed by atoms with E-state index in [1.54, 1.807) is 12.1 Å². The minimum Gasteiger partial charge on any atom is -0.465 e. The lowest BCUT2D eigenvalue weighted by atomic mass is 10.1. The summed E-state index contributed by atoms with van der Waals surface area (Å²) in [6.07, 6.45) is 3.56. The Bertz CT molecular complexity index is 1520. The fourth-order valence-electron chi connectivity index (χ4n) is 4.02. The largest absolute Gasteiger partial charge is 0.465 e. The number of nitriles is 1. The van der Waals surface area contributed by atoms with Crippen LogP contribution in [-0.2, 0) is 16.1 Å². The number of anilines is 1. The number of hydrogen-bond donors (Lipinski definition) is 1. The molecule has 6 nitrogen and oxygen atoms in total. The molecule has 0 fully saturated rings. The van der Waals surface area contributed by atoms with Crippen LogP contribution in [0.25, 0.3) is 17.0 Å². The maximum absolute atomic E-state index is 13.1. The number of hydrogen-bond acceptors (Lipinski definition) is 5. The molecule has 0 atom stereocenters. The molecule has 0 aliphatic heterocycles. The van der Waals surface area contributed by atoms with E-state index in [1.165, 1.54) is 29.6 Å². The molecule has 2 heterocycles. The van der Waals surface area contributed by atoms with Crippen LogP contribution in [0, 0.1) is 18.3 Å². The maximum Gasteiger partial charge on any atom is 0.340 e. The second kappa shape index (κ2) is 10.6. The number of nitrogens with one attached hydrogen (secondary N) is 1. The molecule has 182 valence electrons. The summed E-state index contributed by atoms with van der Waals surface area (Å²) in [4.78, 5) is 26.3. The summed E-state index contributed by atoms with van der Waals surface area (Å²) >= 11 is 1.31. The van der Waals surface area contributed by atoms with Gasteiger partial charge in [-0.2, -0.15) is 5.26 Å². The van der Waals surface area contributed by atoms with Gasteiger partial charge in [0.15, 0.2) is 0 Å². The molecule has 1 amide bonds. The summed E-state index contributed by atoms with van der Waals surface area (Å²) in [6, 6.07) is 19.9. The van der Waals surface area contributed by atoms with Gasteiger partial charge in [0.25, 0.3) is 5.91 Å². The van der Waals surface area contributed by atoms with Gasteiger partial charge in [0.05, 0.1) is 12.7 Å². The number of ether oxygens (including phenoxy) is 1. The maximum atomic E-state index is 13.1. The van der Waals surface area contributed by atoms with Crippen molar-refractivity contribution in [2.24, 2.45) is 0 Å². The molecule has 0 radical (unpaired) electrons. The summed E-state index contributed by atoms with van der Waals surface area (Å²) in [7, 11) is 1.30. The number of esters is 1. The van der Waals surface area contributed by atoms with Gasteiger partial charge in [-0.05, 0) is 42.2 Å². The van der Waals surface area contributed by atoms with Gasteiger partial charge in [0.2, 0.25) is 0 Å². The van der Waals surface area contributed by atoms with Crippen LogP contribution in [0.15, 0.2) is 66.4 Å². The molecule has 0 unspecified atom stereocenters. The second-order valence-electron chi connectivity index (χ2n) is 8.82. The molecule has 0 aliphatic carbocycles. The number of carbonyl (C=O) groups is 2. The van der Waals surface area contributed by atoms with Crippen molar-refractivity contribution in [3.63, 3.8) is 0 Å². The fraction of sp³-hybridized carbons (Fsp3) is 0.207. The first kappa shape index (κ1) is 25.0. The number of amides is 1. The van der Waals surface area contributed by atoms with Crippen LogP contribution >= 0.6 is 11.3 Å². The summed E-state index contributed by atoms with van der Waals surface area (Å²) in [6.45, 7) is 6.76. The van der Waals surface area contributed by atoms with Gasteiger partial charge in [0, 0.05) is 34.1 Å². The molecule has 7 heteroatoms. The number of rotatable bonds is 7. The van der Waals surface area contributed by atoms with E-state index in [-0.39, 0.29) is 17.1 Å². The Morgan fingerprint density at radius 1 is 1.17 bits per heavy atom. The van der Waals surface area contributed by atoms with Crippen LogP contribution in [0.1, 0.15) is 51.7 Å². The molecule has 2 aromatic carbocycles. The van der Waals surface area contributed by atoms with Crippen molar-refractivity contribution in [1.82, 2.24) is 4.57 Å². The van der Waals surface area contributed by atoms with Gasteiger partial charge in [-0.3, -0.25) is 4.79 Å². The highest BCUT2D eigenvalue weighted by molar-refractivity contribution is 7.16. The standard InChI is InChI=1S/C29H27N3O3S/c1-18(2)26-14-24(29(34)35-4)28(36-26)31-27(33)21(15-30)13-22-17-32(25-12-8-7-11-23(22)25)16-20-10-6-5-9-19(20)3/h5-14,17-18H,16H2,1-4H3,(H,31,33)/b21-13+. The zero-order valence-electron chi connectivity index (χ0n) is 20.7. The summed E-state index contributed by atoms with van der Waals surface area (Å²) in [5, 5.41) is 13.9. The highest BCUT2D eigenvalue weighted by Crippen LogP contribution is 2.34. The number of carbonyl (C=O) groups excluding carboxylic acids is 2. The van der Waals surface area contributed by atoms with E-state index in [0.29, 0.717) is 11.5 Å². The highest BCUT2D eigenvalue weighted by atomic mass is 32.1. The van der Waals surface area contributed by atoms with Gasteiger partial charge in [-0.15, -0.1) is 11.3 Å². The molecule has 2 aromatic heterocycles. The first-order valence-corrected chi connectivity index (χ1v) is 12.4. The first-order valence-electron chi connectivity index (χ1n) is 11.6. The minimum absolute atomic E-state index is 0.0518. The lowest BCUT2D eigenvalue weighted by Crippen LogP contribution is -2.15. The molecular formula is C29H27N3O3S. The second-order valence-corrected chi connectivity index (χ2v) is 9.90. The van der Waals surface area contributed by atoms with Crippen molar-refractivity contribution in [1.29, 1.82) is 5.26 Å². The van der Waals surface area contributed by atoms with Crippen molar-refractivity contribution in [3.8, 4) is 6.07 Å². The number of benzene rings is 2. The number of fused-ring (bicyclic) bond motifs is 1. The Labute approximate surface area is 214 Å². The van der Waals surface area contributed by atoms with Crippen LogP contribution < -0.4 is 5.32 Å². The van der Waals surface area contributed by atoms with Gasteiger partial charge in [-0.1, -0.05) is 56.3 Å². The van der Waals surface area contributed by atoms with Gasteiger partial charge in [-0.25, -0.2) is 4.79 Å². The molecule has 36 heavy (non-hydrogen) atoms. The lowest BCUT2D eigenvalue weighted by molar-refractivity contribution is -0.112. The average molecular weight is 498 g/mol. The summed E-state index contributed by atoms with van der Waals surface area (Å²) in [5.74, 6) is -0.930. The third-order valence-corrected chi connectivity index (χ3v) is 7.39. The Morgan fingerprint density at radius 2 is 1.89 bits per heavy atom. The molecule has 0 bridgehead atoms. The monoisotopic (exact) mass is 497 g/mol. The van der Waals surface area contributed by atoms with E-state index < -0.39 is 11.9 Å². The fourth-order valence-corrected chi connectivity index (χ4v) is 5.06. The van der Waals surface area contributed by atoms with Crippen molar-refractivity contribution >= 4 is 45.2 Å². The zero-order valence-corrected chi connectivity index (χ0v) is 21.5. The molecule has 4 rings (SSSR count). The third-order valence-electron chi connectivity index (χ3n) is 6.04. The van der Waals surface area contributed by atoms with Gasteiger partial charge < -0.3 is 14.6 Å². The van der Waals surface area contributed by atoms with Crippen molar-refractivity contribution in [2.45, 2.75) is 33.2 Å². The predicted octanol–water partition coefficient (Wildman–Crippen LogP) is 6.52. The van der Waals surface area contributed by atoms with E-state index in [1.807, 2.05) is 62.5 Å². The van der Waals surface area contributed by atoms with Crippen molar-refractivity contribution in [3.05, 3.63) is 93.5 Å². The molecule has 4 aromatic rings. The predicted molar refractivity (Wildman–Crippen MR) is 144 cm³/mol. The third kappa shape index (κ3) is 5.09. The Balaban J connectivity index is 1.69. The number of aromatic nitrogens is 1. The van der Waals surface area contributed by atoms with Crippen molar-refractivity contribution < 1.29 is 14.3 Å². The zero-order chi connectivity index (χ0) is 25.8. The molecule has 0 spiro atoms. The average Bonchev–Trinajstić information content (AvgIpc) is 3.45. The Hall–Kier alpha value is -4.15. The normalized spacial score (nSPS) is 11.5. The topological polar surface area (TPSA) is 84.1 Å². The van der Waals surface area contributed by atoms with Crippen LogP contribution in [0.2, 0.25) is 0 Å². The van der Waals surface area contributed by atoms with E-state index in [9.17, 15) is 14.9 Å². The Morgan fingerprint density at radius 3 is 2.58 bits per heavy atom. The molecular weight excluding hydrogens is 470 g/mol. The number of para-hydroxylation sites is 1. The number of methoxy groups -OCH3 is 1. The number of thiophene rings is 1. The molecule has 1 N–H and O–H groups in total. The molecule has 0 aliphatic rings. The van der Waals surface area contributed by atoms with E-state index in [0.717, 1.165) is 21.3 Å². The molecule has 0 saturated carbocycles. The van der Waals surface area contributed by atoms with Crippen LogP contribution in [-0.4, -0.2) is 23.6 Å². The van der Waals surface area contributed by atoms with Gasteiger partial charge >= 0.3 is 5.97 Å². The number of aryl methyl sites for hydroxylation is 1. The van der Waals surface area contributed by atoms with E-state index in [2.05, 4.69) is 28.9 Å². The van der Waals surface area contributed by atoms with Crippen LogP contribution in [0.4, 0.5) is 5.00 Å². The quantitative estimate of drug-likeness (QED) is 0.179. The smallest absolute Gasteiger partial charge is 0.340 e. The minimum atomic E-state index is -0.574. The van der Waals surface area contributed by atoms with Crippen LogP contribution in [0.3, 0.4) is 0 Å².